The molecule has 68 heavy (non-hydrogen) atoms. The molecule has 1 saturated carbocycles. The number of hydrogen-bond acceptors (Lipinski definition) is 16. The Morgan fingerprint density at radius 2 is 1.12 bits per heavy atom. The van der Waals surface area contributed by atoms with Gasteiger partial charge in [0, 0.05) is 91.3 Å². The summed E-state index contributed by atoms with van der Waals surface area (Å²) in [7, 11) is 0. The van der Waals surface area contributed by atoms with E-state index in [1.165, 1.54) is 0 Å². The second kappa shape index (κ2) is 23.3. The first kappa shape index (κ1) is 49.1. The number of aliphatic hydroxyl groups is 2. The molecule has 0 radical (unpaired) electrons. The Morgan fingerprint density at radius 1 is 0.603 bits per heavy atom. The molecule has 6 aromatic rings. The molecule has 2 fully saturated rings. The lowest BCUT2D eigenvalue weighted by Gasteiger charge is -2.47. The molecule has 18 nitrogen and oxygen atoms in total. The van der Waals surface area contributed by atoms with Gasteiger partial charge in [0.15, 0.2) is 6.29 Å². The molecule has 0 spiro atoms. The molecule has 8 rings (SSSR count). The van der Waals surface area contributed by atoms with Gasteiger partial charge in [-0.3, -0.25) is 29.5 Å². The number of aliphatic hydroxyl groups excluding tert-OH is 2. The summed E-state index contributed by atoms with van der Waals surface area (Å²) in [6.45, 7) is 1.72. The predicted octanol–water partition coefficient (Wildman–Crippen LogP) is 3.11. The van der Waals surface area contributed by atoms with Crippen molar-refractivity contribution in [2.24, 2.45) is 22.9 Å². The Labute approximate surface area is 394 Å². The minimum Gasteiger partial charge on any atom is -0.389 e. The van der Waals surface area contributed by atoms with Crippen LogP contribution in [0.3, 0.4) is 0 Å². The van der Waals surface area contributed by atoms with E-state index >= 15 is 0 Å². The molecule has 2 aliphatic rings. The van der Waals surface area contributed by atoms with E-state index in [2.05, 4.69) is 30.6 Å². The standard InChI is InChI=1S/C50H64N10O8/c51-28-37-46(65-25-7-3-1-5-19-59-48(63)33-17-23-57-41-31(33)15-13-29-11-9-21-55-39(29)41)44(62)38(54)50(67-37)68-45-36(53)27-35(52)43(61)47(45)66-26-8-4-2-6-20-60-49(64)34-18-24-58-42-32(34)16-14-30-12-10-22-56-40(30)42/h9-18,21-24,35-38,43-47,50,61-62H,1-8,19-20,25-28,51-54H2,(H,59,63)(H,60,64)/t35-,36+,37-,38-,43+,44-,45-,46-,47-,50-/m1/s1. The Hall–Kier alpha value is -5.38. The van der Waals surface area contributed by atoms with Crippen LogP contribution in [0.25, 0.3) is 43.6 Å². The number of carbonyl (C=O) groups is 2. The van der Waals surface area contributed by atoms with Gasteiger partial charge in [0.25, 0.3) is 11.8 Å². The highest BCUT2D eigenvalue weighted by Crippen LogP contribution is 2.31. The van der Waals surface area contributed by atoms with Crippen molar-refractivity contribution in [1.29, 1.82) is 0 Å². The summed E-state index contributed by atoms with van der Waals surface area (Å²) in [6, 6.07) is 16.6. The van der Waals surface area contributed by atoms with Crippen molar-refractivity contribution in [2.45, 2.75) is 119 Å². The molecular weight excluding hydrogens is 869 g/mol. The Balaban J connectivity index is 0.735. The van der Waals surface area contributed by atoms with E-state index in [9.17, 15) is 19.8 Å². The molecule has 18 heteroatoms. The van der Waals surface area contributed by atoms with Crippen molar-refractivity contribution >= 4 is 55.4 Å². The van der Waals surface area contributed by atoms with E-state index in [4.69, 9.17) is 41.9 Å². The molecular formula is C50H64N10O8. The van der Waals surface area contributed by atoms with Crippen molar-refractivity contribution in [3.05, 3.63) is 96.6 Å². The zero-order valence-corrected chi connectivity index (χ0v) is 38.2. The normalized spacial score (nSPS) is 25.3. The molecule has 4 aromatic heterocycles. The Kier molecular flexibility index (Phi) is 16.8. The van der Waals surface area contributed by atoms with E-state index in [0.29, 0.717) is 61.3 Å². The number of hydrogen-bond donors (Lipinski definition) is 8. The minimum atomic E-state index is -1.16. The van der Waals surface area contributed by atoms with Crippen LogP contribution in [0, 0.1) is 0 Å². The molecule has 5 heterocycles. The van der Waals surface area contributed by atoms with Gasteiger partial charge in [-0.1, -0.05) is 62.1 Å². The first-order valence-corrected chi connectivity index (χ1v) is 23.8. The molecule has 0 unspecified atom stereocenters. The Bertz CT molecular complexity index is 2640. The number of benzene rings is 2. The van der Waals surface area contributed by atoms with Crippen LogP contribution < -0.4 is 33.6 Å². The largest absolute Gasteiger partial charge is 0.389 e. The zero-order valence-electron chi connectivity index (χ0n) is 38.2. The molecule has 12 N–H and O–H groups in total. The minimum absolute atomic E-state index is 0.0388. The van der Waals surface area contributed by atoms with Gasteiger partial charge in [-0.05, 0) is 56.4 Å². The monoisotopic (exact) mass is 932 g/mol. The highest BCUT2D eigenvalue weighted by Gasteiger charge is 2.49. The lowest BCUT2D eigenvalue weighted by molar-refractivity contribution is -0.296. The highest BCUT2D eigenvalue weighted by atomic mass is 16.7. The van der Waals surface area contributed by atoms with Crippen molar-refractivity contribution in [3.63, 3.8) is 0 Å². The summed E-state index contributed by atoms with van der Waals surface area (Å²) in [5, 5.41) is 32.0. The number of carbonyl (C=O) groups excluding carboxylic acids is 2. The van der Waals surface area contributed by atoms with Crippen LogP contribution in [0.15, 0.2) is 85.5 Å². The second-order valence-corrected chi connectivity index (χ2v) is 17.8. The van der Waals surface area contributed by atoms with Crippen molar-refractivity contribution in [2.75, 3.05) is 32.8 Å². The van der Waals surface area contributed by atoms with Crippen LogP contribution in [0.5, 0.6) is 0 Å². The zero-order chi connectivity index (χ0) is 47.6. The van der Waals surface area contributed by atoms with Crippen LogP contribution in [-0.4, -0.2) is 136 Å². The number of fused-ring (bicyclic) bond motifs is 6. The first-order chi connectivity index (χ1) is 33.1. The first-order valence-electron chi connectivity index (χ1n) is 23.8. The number of unbranched alkanes of at least 4 members (excludes halogenated alkanes) is 6. The van der Waals surface area contributed by atoms with Crippen LogP contribution in [0.2, 0.25) is 0 Å². The highest BCUT2D eigenvalue weighted by molar-refractivity contribution is 6.13. The van der Waals surface area contributed by atoms with Crippen LogP contribution in [-0.2, 0) is 18.9 Å². The number of ether oxygens (including phenoxy) is 4. The average Bonchev–Trinajstić information content (AvgIpc) is 3.36. The van der Waals surface area contributed by atoms with E-state index in [1.807, 2.05) is 48.5 Å². The number of nitrogens with two attached hydrogens (primary N) is 4. The summed E-state index contributed by atoms with van der Waals surface area (Å²) >= 11 is 0. The SMILES string of the molecule is NC[C@H]1O[C@H](O[C@H]2[C@H](OCCCCCCNC(=O)c3ccnc4c3ccc3cccnc34)[C@@H](O)[C@H](N)C[C@@H]2N)[C@H](N)[C@@H](O)[C@@H]1OCCCCCCNC(=O)c1ccnc2c1ccc1cccnc12. The summed E-state index contributed by atoms with van der Waals surface area (Å²) in [5.41, 5.74) is 29.5. The van der Waals surface area contributed by atoms with E-state index in [1.54, 1.807) is 36.9 Å². The molecule has 2 aromatic carbocycles. The quantitative estimate of drug-likeness (QED) is 0.0380. The summed E-state index contributed by atoms with van der Waals surface area (Å²) < 4.78 is 24.9. The maximum Gasteiger partial charge on any atom is 0.252 e. The fourth-order valence-corrected chi connectivity index (χ4v) is 9.35. The summed E-state index contributed by atoms with van der Waals surface area (Å²) in [6.07, 6.45) is 6.77. The fraction of sp³-hybridized carbons (Fsp3) is 0.480. The smallest absolute Gasteiger partial charge is 0.252 e. The van der Waals surface area contributed by atoms with Crippen molar-refractivity contribution < 1.29 is 38.7 Å². The van der Waals surface area contributed by atoms with Crippen LogP contribution >= 0.6 is 0 Å². The number of nitrogens with one attached hydrogen (secondary N) is 2. The maximum atomic E-state index is 13.1. The van der Waals surface area contributed by atoms with Gasteiger partial charge in [0.2, 0.25) is 0 Å². The predicted molar refractivity (Wildman–Crippen MR) is 258 cm³/mol. The van der Waals surface area contributed by atoms with Gasteiger partial charge in [0.1, 0.15) is 30.5 Å². The van der Waals surface area contributed by atoms with E-state index < -0.39 is 61.0 Å². The molecule has 0 bridgehead atoms. The molecule has 2 amide bonds. The van der Waals surface area contributed by atoms with Crippen molar-refractivity contribution in [1.82, 2.24) is 30.6 Å². The Morgan fingerprint density at radius 3 is 1.66 bits per heavy atom. The number of amides is 2. The lowest BCUT2D eigenvalue weighted by Crippen LogP contribution is -2.68. The lowest BCUT2D eigenvalue weighted by atomic mass is 9.84. The number of nitrogens with zero attached hydrogens (tertiary/aromatic N) is 4. The van der Waals surface area contributed by atoms with E-state index in [-0.39, 0.29) is 24.8 Å². The van der Waals surface area contributed by atoms with Gasteiger partial charge in [0.05, 0.1) is 45.3 Å². The third-order valence-electron chi connectivity index (χ3n) is 13.1. The third kappa shape index (κ3) is 11.2. The van der Waals surface area contributed by atoms with E-state index in [0.717, 1.165) is 71.1 Å². The van der Waals surface area contributed by atoms with Crippen molar-refractivity contribution in [3.8, 4) is 0 Å². The fourth-order valence-electron chi connectivity index (χ4n) is 9.35. The van der Waals surface area contributed by atoms with Gasteiger partial charge in [-0.25, -0.2) is 0 Å². The molecule has 1 saturated heterocycles. The van der Waals surface area contributed by atoms with Crippen LogP contribution in [0.4, 0.5) is 0 Å². The van der Waals surface area contributed by atoms with Gasteiger partial charge < -0.3 is 62.7 Å². The van der Waals surface area contributed by atoms with Crippen LogP contribution in [0.1, 0.15) is 78.5 Å². The summed E-state index contributed by atoms with van der Waals surface area (Å²) in [5.74, 6) is -0.322. The third-order valence-corrected chi connectivity index (χ3v) is 13.1. The average molecular weight is 933 g/mol. The molecule has 1 aliphatic heterocycles. The van der Waals surface area contributed by atoms with Gasteiger partial charge in [-0.15, -0.1) is 0 Å². The number of aromatic nitrogens is 4. The summed E-state index contributed by atoms with van der Waals surface area (Å²) in [4.78, 5) is 44.2. The molecule has 1 aliphatic carbocycles. The number of pyridine rings is 4. The molecule has 362 valence electrons. The van der Waals surface area contributed by atoms with Gasteiger partial charge >= 0.3 is 0 Å². The molecule has 10 atom stereocenters. The second-order valence-electron chi connectivity index (χ2n) is 17.8. The number of rotatable bonds is 21. The maximum absolute atomic E-state index is 13.1. The topological polar surface area (TPSA) is 291 Å². The van der Waals surface area contributed by atoms with Gasteiger partial charge in [-0.2, -0.15) is 0 Å².